The van der Waals surface area contributed by atoms with E-state index < -0.39 is 23.9 Å². The van der Waals surface area contributed by atoms with Crippen LogP contribution in [0.25, 0.3) is 0 Å². The van der Waals surface area contributed by atoms with Crippen LogP contribution in [-0.4, -0.2) is 51.1 Å². The maximum atomic E-state index is 12.6. The number of hydrogen-bond acceptors (Lipinski definition) is 9. The lowest BCUT2D eigenvalue weighted by atomic mass is 9.95. The molecule has 0 fully saturated rings. The molecule has 0 saturated carbocycles. The number of esters is 1. The molecule has 0 spiro atoms. The number of urea groups is 1. The molecule has 14 heteroatoms. The first-order valence-corrected chi connectivity index (χ1v) is 15.7. The zero-order valence-electron chi connectivity index (χ0n) is 26.1. The Hall–Kier alpha value is -4.75. The van der Waals surface area contributed by atoms with E-state index in [1.54, 1.807) is 50.2 Å². The second-order valence-corrected chi connectivity index (χ2v) is 11.3. The van der Waals surface area contributed by atoms with Gasteiger partial charge in [0.25, 0.3) is 5.91 Å². The lowest BCUT2D eigenvalue weighted by molar-refractivity contribution is -0.139. The highest BCUT2D eigenvalue weighted by Crippen LogP contribution is 2.37. The van der Waals surface area contributed by atoms with Gasteiger partial charge in [-0.15, -0.1) is 0 Å². The third-order valence-electron chi connectivity index (χ3n) is 6.65. The number of halogens is 2. The second-order valence-electron chi connectivity index (χ2n) is 9.96. The fourth-order valence-corrected chi connectivity index (χ4v) is 5.40. The summed E-state index contributed by atoms with van der Waals surface area (Å²) in [4.78, 5) is 37.4. The molecular weight excluding hydrogens is 696 g/mol. The van der Waals surface area contributed by atoms with E-state index >= 15 is 0 Å². The van der Waals surface area contributed by atoms with Crippen molar-refractivity contribution in [2.45, 2.75) is 33.4 Å². The summed E-state index contributed by atoms with van der Waals surface area (Å²) in [6.07, 6.45) is 1.46. The summed E-state index contributed by atoms with van der Waals surface area (Å²) in [7, 11) is 1.44. The molecule has 3 aromatic carbocycles. The van der Waals surface area contributed by atoms with E-state index in [1.807, 2.05) is 25.1 Å². The molecule has 0 aliphatic carbocycles. The number of nitrogens with zero attached hydrogens (tertiary/aromatic N) is 1. The van der Waals surface area contributed by atoms with Crippen LogP contribution in [0.3, 0.4) is 0 Å². The lowest BCUT2D eigenvalue weighted by Gasteiger charge is -2.28. The van der Waals surface area contributed by atoms with Gasteiger partial charge in [0.15, 0.2) is 29.6 Å². The Labute approximate surface area is 285 Å². The van der Waals surface area contributed by atoms with Gasteiger partial charge in [-0.2, -0.15) is 5.10 Å². The Bertz CT molecular complexity index is 1700. The Balaban J connectivity index is 1.39. The molecule has 0 unspecified atom stereocenters. The molecule has 3 N–H and O–H groups in total. The largest absolute Gasteiger partial charge is 0.493 e. The van der Waals surface area contributed by atoms with Crippen LogP contribution in [-0.2, 0) is 20.9 Å². The van der Waals surface area contributed by atoms with Crippen LogP contribution in [0, 0.1) is 0 Å². The molecule has 12 nitrogen and oxygen atoms in total. The number of methoxy groups -OCH3 is 1. The summed E-state index contributed by atoms with van der Waals surface area (Å²) in [5.74, 6) is 0.503. The van der Waals surface area contributed by atoms with Crippen LogP contribution >= 0.6 is 27.5 Å². The van der Waals surface area contributed by atoms with Crippen LogP contribution in [0.15, 0.2) is 75.4 Å². The number of rotatable bonds is 14. The zero-order valence-corrected chi connectivity index (χ0v) is 28.5. The van der Waals surface area contributed by atoms with Gasteiger partial charge in [-0.05, 0) is 89.8 Å². The fourth-order valence-electron chi connectivity index (χ4n) is 4.61. The molecule has 1 atom stereocenters. The highest BCUT2D eigenvalue weighted by molar-refractivity contribution is 9.10. The second kappa shape index (κ2) is 16.7. The van der Waals surface area contributed by atoms with Crippen molar-refractivity contribution in [3.05, 3.63) is 92.1 Å². The summed E-state index contributed by atoms with van der Waals surface area (Å²) < 4.78 is 28.8. The van der Waals surface area contributed by atoms with Crippen molar-refractivity contribution < 1.29 is 38.1 Å². The van der Waals surface area contributed by atoms with E-state index in [2.05, 4.69) is 37.1 Å². The maximum Gasteiger partial charge on any atom is 0.338 e. The van der Waals surface area contributed by atoms with Crippen molar-refractivity contribution in [3.8, 4) is 23.0 Å². The Morgan fingerprint density at radius 2 is 1.83 bits per heavy atom. The van der Waals surface area contributed by atoms with Crippen molar-refractivity contribution in [1.82, 2.24) is 16.1 Å². The van der Waals surface area contributed by atoms with E-state index in [4.69, 9.17) is 35.3 Å². The van der Waals surface area contributed by atoms with Crippen molar-refractivity contribution in [2.75, 3.05) is 26.9 Å². The Kier molecular flexibility index (Phi) is 12.5. The summed E-state index contributed by atoms with van der Waals surface area (Å²) in [6.45, 7) is 5.69. The molecule has 248 valence electrons. The van der Waals surface area contributed by atoms with E-state index in [0.717, 1.165) is 5.56 Å². The number of benzene rings is 3. The number of allylic oxidation sites excluding steroid dienone is 1. The first-order chi connectivity index (χ1) is 22.6. The minimum absolute atomic E-state index is 0.178. The van der Waals surface area contributed by atoms with E-state index in [9.17, 15) is 14.4 Å². The molecule has 0 radical (unpaired) electrons. The van der Waals surface area contributed by atoms with Crippen molar-refractivity contribution in [2.24, 2.45) is 5.10 Å². The zero-order chi connectivity index (χ0) is 33.9. The first kappa shape index (κ1) is 35.1. The van der Waals surface area contributed by atoms with Gasteiger partial charge in [0.1, 0.15) is 6.61 Å². The van der Waals surface area contributed by atoms with Crippen LogP contribution in [0.4, 0.5) is 4.79 Å². The predicted molar refractivity (Wildman–Crippen MR) is 179 cm³/mol. The van der Waals surface area contributed by atoms with Crippen molar-refractivity contribution >= 4 is 51.7 Å². The van der Waals surface area contributed by atoms with Gasteiger partial charge in [-0.1, -0.05) is 29.8 Å². The molecular formula is C33H34BrClN4O8. The quantitative estimate of drug-likeness (QED) is 0.107. The molecule has 0 bridgehead atoms. The number of hydrogen-bond donors (Lipinski definition) is 3. The van der Waals surface area contributed by atoms with Gasteiger partial charge < -0.3 is 34.3 Å². The molecule has 1 aliphatic heterocycles. The molecule has 4 rings (SSSR count). The SMILES string of the molecule is CCOC(=O)C1=C(C)NC(=O)N[C@H]1c1ccc(OCC(=O)N/N=C/c2cc(Br)c(OCc3cccc(Cl)c3)c(OCC)c2)c(OC)c1. The molecule has 47 heavy (non-hydrogen) atoms. The summed E-state index contributed by atoms with van der Waals surface area (Å²) >= 11 is 9.62. The Morgan fingerprint density at radius 3 is 2.55 bits per heavy atom. The molecule has 3 aromatic rings. The highest BCUT2D eigenvalue weighted by atomic mass is 79.9. The van der Waals surface area contributed by atoms with Crippen LogP contribution < -0.4 is 35.0 Å². The third-order valence-corrected chi connectivity index (χ3v) is 7.48. The van der Waals surface area contributed by atoms with Crippen molar-refractivity contribution in [3.63, 3.8) is 0 Å². The molecule has 3 amide bonds. The monoisotopic (exact) mass is 728 g/mol. The average molecular weight is 730 g/mol. The Morgan fingerprint density at radius 1 is 1.02 bits per heavy atom. The van der Waals surface area contributed by atoms with Crippen molar-refractivity contribution in [1.29, 1.82) is 0 Å². The minimum atomic E-state index is -0.782. The lowest BCUT2D eigenvalue weighted by Crippen LogP contribution is -2.45. The average Bonchev–Trinajstić information content (AvgIpc) is 3.03. The summed E-state index contributed by atoms with van der Waals surface area (Å²) in [6, 6.07) is 14.5. The van der Waals surface area contributed by atoms with Crippen LogP contribution in [0.5, 0.6) is 23.0 Å². The van der Waals surface area contributed by atoms with Gasteiger partial charge in [0.2, 0.25) is 0 Å². The number of nitrogens with one attached hydrogen (secondary N) is 3. The highest BCUT2D eigenvalue weighted by Gasteiger charge is 2.32. The van der Waals surface area contributed by atoms with Crippen LogP contribution in [0.1, 0.15) is 43.5 Å². The first-order valence-electron chi connectivity index (χ1n) is 14.5. The van der Waals surface area contributed by atoms with Gasteiger partial charge in [0.05, 0.1) is 42.6 Å². The molecule has 0 aromatic heterocycles. The van der Waals surface area contributed by atoms with E-state index in [1.165, 1.54) is 13.3 Å². The standard InChI is InChI=1S/C33H34BrClN4O8/c1-5-44-27-14-21(13-24(34)31(27)47-17-20-8-7-9-23(35)12-20)16-36-39-28(40)18-46-25-11-10-22(15-26(25)43-4)30-29(32(41)45-6-2)19(3)37-33(42)38-30/h7-16,30H,5-6,17-18H2,1-4H3,(H,39,40)(H2,37,38,42)/b36-16+/t30-/m0/s1. The number of hydrazone groups is 1. The minimum Gasteiger partial charge on any atom is -0.493 e. The van der Waals surface area contributed by atoms with E-state index in [0.29, 0.717) is 50.2 Å². The number of ether oxygens (including phenoxy) is 5. The smallest absolute Gasteiger partial charge is 0.338 e. The van der Waals surface area contributed by atoms with Gasteiger partial charge >= 0.3 is 12.0 Å². The summed E-state index contributed by atoms with van der Waals surface area (Å²) in [5, 5.41) is 9.99. The number of carbonyl (C=O) groups excluding carboxylic acids is 3. The maximum absolute atomic E-state index is 12.6. The molecule has 1 aliphatic rings. The predicted octanol–water partition coefficient (Wildman–Crippen LogP) is 5.81. The van der Waals surface area contributed by atoms with Gasteiger partial charge in [0, 0.05) is 10.7 Å². The number of amides is 3. The third kappa shape index (κ3) is 9.39. The number of carbonyl (C=O) groups is 3. The topological polar surface area (TPSA) is 146 Å². The van der Waals surface area contributed by atoms with Gasteiger partial charge in [-0.3, -0.25) is 4.79 Å². The van der Waals surface area contributed by atoms with Crippen LogP contribution in [0.2, 0.25) is 5.02 Å². The van der Waals surface area contributed by atoms with E-state index in [-0.39, 0.29) is 31.1 Å². The fraction of sp³-hybridized carbons (Fsp3) is 0.273. The van der Waals surface area contributed by atoms with Gasteiger partial charge in [-0.25, -0.2) is 15.0 Å². The molecule has 1 heterocycles. The molecule has 0 saturated heterocycles. The normalized spacial score (nSPS) is 14.3. The summed E-state index contributed by atoms with van der Waals surface area (Å²) in [5.41, 5.74) is 5.18.